The molecule has 3 N–H and O–H groups in total. The van der Waals surface area contributed by atoms with Crippen molar-refractivity contribution < 1.29 is 14.4 Å². The summed E-state index contributed by atoms with van der Waals surface area (Å²) < 4.78 is 0. The van der Waals surface area contributed by atoms with Gasteiger partial charge in [0.05, 0.1) is 0 Å². The molecule has 4 rings (SSSR count). The van der Waals surface area contributed by atoms with Gasteiger partial charge in [-0.25, -0.2) is 4.79 Å². The van der Waals surface area contributed by atoms with Crippen LogP contribution in [0.25, 0.3) is 0 Å². The first-order valence-corrected chi connectivity index (χ1v) is 10.1. The molecule has 1 aromatic rings. The van der Waals surface area contributed by atoms with Crippen molar-refractivity contribution in [2.24, 2.45) is 11.7 Å². The van der Waals surface area contributed by atoms with Crippen LogP contribution < -0.4 is 11.1 Å². The Morgan fingerprint density at radius 3 is 2.48 bits per heavy atom. The maximum absolute atomic E-state index is 12.9. The molecular formula is C21H29ClN4O3. The van der Waals surface area contributed by atoms with E-state index in [1.165, 1.54) is 0 Å². The van der Waals surface area contributed by atoms with E-state index in [1.807, 2.05) is 30.3 Å². The lowest BCUT2D eigenvalue weighted by atomic mass is 9.77. The predicted molar refractivity (Wildman–Crippen MR) is 112 cm³/mol. The Kier molecular flexibility index (Phi) is 6.19. The first kappa shape index (κ1) is 21.6. The van der Waals surface area contributed by atoms with Crippen LogP contribution in [0.4, 0.5) is 4.79 Å². The van der Waals surface area contributed by atoms with Crippen molar-refractivity contribution in [2.45, 2.75) is 50.1 Å². The Balaban J connectivity index is 0.00000240. The fourth-order valence-electron chi connectivity index (χ4n) is 4.73. The van der Waals surface area contributed by atoms with E-state index in [0.29, 0.717) is 31.8 Å². The molecule has 1 aromatic carbocycles. The van der Waals surface area contributed by atoms with Gasteiger partial charge in [0.1, 0.15) is 12.1 Å². The maximum atomic E-state index is 12.9. The lowest BCUT2D eigenvalue weighted by Crippen LogP contribution is -2.50. The van der Waals surface area contributed by atoms with Crippen LogP contribution in [-0.4, -0.2) is 58.9 Å². The largest absolute Gasteiger partial charge is 0.339 e. The number of amides is 4. The highest BCUT2D eigenvalue weighted by atomic mass is 35.5. The quantitative estimate of drug-likeness (QED) is 0.729. The monoisotopic (exact) mass is 420 g/mol. The molecule has 7 nitrogen and oxygen atoms in total. The second-order valence-electron chi connectivity index (χ2n) is 8.57. The van der Waals surface area contributed by atoms with Crippen molar-refractivity contribution in [3.8, 4) is 0 Å². The first-order chi connectivity index (χ1) is 13.4. The molecule has 8 heteroatoms. The smallest absolute Gasteiger partial charge is 0.325 e. The van der Waals surface area contributed by atoms with E-state index in [0.717, 1.165) is 23.3 Å². The minimum absolute atomic E-state index is 0. The summed E-state index contributed by atoms with van der Waals surface area (Å²) in [5, 5.41) is 2.87. The molecule has 2 heterocycles. The van der Waals surface area contributed by atoms with Crippen LogP contribution in [0.2, 0.25) is 0 Å². The van der Waals surface area contributed by atoms with Gasteiger partial charge < -0.3 is 16.0 Å². The van der Waals surface area contributed by atoms with Gasteiger partial charge in [-0.3, -0.25) is 14.5 Å². The summed E-state index contributed by atoms with van der Waals surface area (Å²) >= 11 is 0. The van der Waals surface area contributed by atoms with Crippen LogP contribution >= 0.6 is 12.4 Å². The summed E-state index contributed by atoms with van der Waals surface area (Å²) in [6.45, 7) is 2.90. The zero-order valence-corrected chi connectivity index (χ0v) is 17.5. The van der Waals surface area contributed by atoms with Crippen LogP contribution in [0.5, 0.6) is 0 Å². The number of nitrogens with two attached hydrogens (primary N) is 1. The number of urea groups is 1. The molecule has 0 radical (unpaired) electrons. The van der Waals surface area contributed by atoms with Gasteiger partial charge in [0.15, 0.2) is 0 Å². The number of nitrogens with one attached hydrogen (secondary N) is 1. The number of carbonyl (C=O) groups is 3. The molecule has 3 aliphatic rings. The molecule has 158 valence electrons. The zero-order chi connectivity index (χ0) is 19.9. The highest BCUT2D eigenvalue weighted by molar-refractivity contribution is 6.09. The van der Waals surface area contributed by atoms with Crippen molar-refractivity contribution >= 4 is 30.3 Å². The molecular weight excluding hydrogens is 392 g/mol. The van der Waals surface area contributed by atoms with Gasteiger partial charge in [-0.1, -0.05) is 37.3 Å². The number of hydrogen-bond acceptors (Lipinski definition) is 4. The maximum Gasteiger partial charge on any atom is 0.325 e. The summed E-state index contributed by atoms with van der Waals surface area (Å²) in [5.41, 5.74) is 6.57. The number of halogens is 1. The van der Waals surface area contributed by atoms with Crippen LogP contribution in [0.1, 0.15) is 44.1 Å². The van der Waals surface area contributed by atoms with Gasteiger partial charge in [-0.05, 0) is 37.2 Å². The lowest BCUT2D eigenvalue weighted by molar-refractivity contribution is -0.139. The van der Waals surface area contributed by atoms with Crippen molar-refractivity contribution in [1.82, 2.24) is 15.1 Å². The molecule has 2 aliphatic heterocycles. The number of benzene rings is 1. The van der Waals surface area contributed by atoms with Crippen LogP contribution in [0.15, 0.2) is 30.3 Å². The molecule has 3 fully saturated rings. The molecule has 2 saturated heterocycles. The zero-order valence-electron chi connectivity index (χ0n) is 16.7. The van der Waals surface area contributed by atoms with E-state index in [-0.39, 0.29) is 42.7 Å². The normalized spacial score (nSPS) is 31.7. The minimum Gasteiger partial charge on any atom is -0.339 e. The average Bonchev–Trinajstić information content (AvgIpc) is 3.19. The van der Waals surface area contributed by atoms with Crippen LogP contribution in [0, 0.1) is 5.92 Å². The Labute approximate surface area is 177 Å². The van der Waals surface area contributed by atoms with E-state index in [9.17, 15) is 14.4 Å². The van der Waals surface area contributed by atoms with Crippen LogP contribution in [-0.2, 0) is 9.59 Å². The molecule has 2 atom stereocenters. The fraction of sp³-hybridized carbons (Fsp3) is 0.571. The Bertz CT molecular complexity index is 779. The lowest BCUT2D eigenvalue weighted by Gasteiger charge is -2.33. The number of carbonyl (C=O) groups excluding carboxylic acids is 3. The minimum atomic E-state index is -0.808. The van der Waals surface area contributed by atoms with Crippen LogP contribution in [0.3, 0.4) is 0 Å². The van der Waals surface area contributed by atoms with Gasteiger partial charge in [-0.2, -0.15) is 0 Å². The van der Waals surface area contributed by atoms with Crippen molar-refractivity contribution in [2.75, 3.05) is 19.6 Å². The topological polar surface area (TPSA) is 95.7 Å². The summed E-state index contributed by atoms with van der Waals surface area (Å²) in [7, 11) is 0. The molecule has 0 aromatic heterocycles. The SMILES string of the molecule is CC1CCC2(CC1)NC(=O)N(CC(=O)N1C[C@@H](N)[C@H](c3ccccc3)C1)C2=O.Cl. The summed E-state index contributed by atoms with van der Waals surface area (Å²) in [6, 6.07) is 9.31. The number of imide groups is 1. The van der Waals surface area contributed by atoms with Gasteiger partial charge in [0.2, 0.25) is 5.91 Å². The molecule has 1 spiro atoms. The third-order valence-corrected chi connectivity index (χ3v) is 6.61. The average molecular weight is 421 g/mol. The molecule has 29 heavy (non-hydrogen) atoms. The molecule has 1 saturated carbocycles. The molecule has 1 aliphatic carbocycles. The van der Waals surface area contributed by atoms with E-state index in [4.69, 9.17) is 5.73 Å². The van der Waals surface area contributed by atoms with E-state index in [2.05, 4.69) is 12.2 Å². The van der Waals surface area contributed by atoms with Crippen molar-refractivity contribution in [1.29, 1.82) is 0 Å². The van der Waals surface area contributed by atoms with Gasteiger partial charge in [-0.15, -0.1) is 12.4 Å². The predicted octanol–water partition coefficient (Wildman–Crippen LogP) is 1.86. The summed E-state index contributed by atoms with van der Waals surface area (Å²) in [5.74, 6) is 0.158. The van der Waals surface area contributed by atoms with Gasteiger partial charge in [0.25, 0.3) is 5.91 Å². The second kappa shape index (κ2) is 8.32. The number of hydrogen-bond donors (Lipinski definition) is 2. The highest BCUT2D eigenvalue weighted by Gasteiger charge is 2.52. The van der Waals surface area contributed by atoms with E-state index in [1.54, 1.807) is 4.90 Å². The third kappa shape index (κ3) is 3.98. The fourth-order valence-corrected chi connectivity index (χ4v) is 4.73. The number of likely N-dealkylation sites (tertiary alicyclic amines) is 1. The van der Waals surface area contributed by atoms with Crippen molar-refractivity contribution in [3.05, 3.63) is 35.9 Å². The van der Waals surface area contributed by atoms with Gasteiger partial charge >= 0.3 is 6.03 Å². The van der Waals surface area contributed by atoms with E-state index < -0.39 is 11.6 Å². The summed E-state index contributed by atoms with van der Waals surface area (Å²) in [4.78, 5) is 41.0. The standard InChI is InChI=1S/C21H28N4O3.ClH/c1-14-7-9-21(10-8-14)19(27)25(20(28)23-21)13-18(26)24-11-16(17(22)12-24)15-5-3-2-4-6-15;/h2-6,14,16-17H,7-13,22H2,1H3,(H,23,28);1H/t14?,16-,17+,21?;/m0./s1. The Morgan fingerprint density at radius 2 is 1.83 bits per heavy atom. The van der Waals surface area contributed by atoms with Gasteiger partial charge in [0, 0.05) is 25.0 Å². The Morgan fingerprint density at radius 1 is 1.17 bits per heavy atom. The summed E-state index contributed by atoms with van der Waals surface area (Å²) in [6.07, 6.45) is 3.11. The highest BCUT2D eigenvalue weighted by Crippen LogP contribution is 2.36. The second-order valence-corrected chi connectivity index (χ2v) is 8.57. The molecule has 4 amide bonds. The van der Waals surface area contributed by atoms with E-state index >= 15 is 0 Å². The first-order valence-electron chi connectivity index (χ1n) is 10.1. The molecule has 0 unspecified atom stereocenters. The van der Waals surface area contributed by atoms with Crippen molar-refractivity contribution in [3.63, 3.8) is 0 Å². The third-order valence-electron chi connectivity index (χ3n) is 6.61. The Hall–Kier alpha value is -2.12. The number of nitrogens with zero attached hydrogens (tertiary/aromatic N) is 2. The number of rotatable bonds is 3. The molecule has 0 bridgehead atoms.